The molecule has 0 amide bonds. The molecule has 0 aromatic heterocycles. The van der Waals surface area contributed by atoms with Crippen LogP contribution in [0.25, 0.3) is 0 Å². The van der Waals surface area contributed by atoms with Crippen LogP contribution in [0.2, 0.25) is 0 Å². The molecule has 0 aromatic rings. The number of hydrogen-bond donors (Lipinski definition) is 1. The predicted molar refractivity (Wildman–Crippen MR) is 61.2 cm³/mol. The molecule has 0 rings (SSSR count). The van der Waals surface area contributed by atoms with Crippen LogP contribution in [-0.4, -0.2) is 11.1 Å². The summed E-state index contributed by atoms with van der Waals surface area (Å²) in [7, 11) is 0. The van der Waals surface area contributed by atoms with E-state index in [4.69, 9.17) is 5.11 Å². The van der Waals surface area contributed by atoms with E-state index in [1.54, 1.807) is 0 Å². The van der Waals surface area contributed by atoms with Gasteiger partial charge in [-0.3, -0.25) is 4.79 Å². The second-order valence-corrected chi connectivity index (χ2v) is 4.11. The van der Waals surface area contributed by atoms with Crippen molar-refractivity contribution in [3.8, 4) is 0 Å². The molecule has 0 unspecified atom stereocenters. The first-order chi connectivity index (χ1) is 6.45. The summed E-state index contributed by atoms with van der Waals surface area (Å²) < 4.78 is 0. The van der Waals surface area contributed by atoms with Gasteiger partial charge in [-0.25, -0.2) is 0 Å². The molecule has 0 spiro atoms. The summed E-state index contributed by atoms with van der Waals surface area (Å²) in [4.78, 5) is 10.5. The molecule has 0 aromatic carbocycles. The van der Waals surface area contributed by atoms with E-state index in [-0.39, 0.29) is 24.8 Å². The van der Waals surface area contributed by atoms with Crippen LogP contribution in [0.3, 0.4) is 0 Å². The van der Waals surface area contributed by atoms with Gasteiger partial charge in [-0.05, 0) is 12.8 Å². The fourth-order valence-corrected chi connectivity index (χ4v) is 1.09. The van der Waals surface area contributed by atoms with Gasteiger partial charge in [-0.15, -0.1) is 0 Å². The van der Waals surface area contributed by atoms with E-state index in [0.717, 1.165) is 25.7 Å². The Morgan fingerprint density at radius 3 is 1.53 bits per heavy atom. The van der Waals surface area contributed by atoms with E-state index in [9.17, 15) is 4.79 Å². The zero-order chi connectivity index (χ0) is 11.6. The Hall–Kier alpha value is 0.0674. The fourth-order valence-electron chi connectivity index (χ4n) is 1.09. The molecular formula is C12H25LiO2. The second-order valence-electron chi connectivity index (χ2n) is 4.11. The summed E-state index contributed by atoms with van der Waals surface area (Å²) in [6.45, 7) is 10.3. The number of carboxylic acid groups (broad SMARTS) is 1. The van der Waals surface area contributed by atoms with E-state index in [1.165, 1.54) is 5.92 Å². The Balaban J connectivity index is -0.000000249. The first-order valence-electron chi connectivity index (χ1n) is 5.45. The summed E-state index contributed by atoms with van der Waals surface area (Å²) >= 11 is 0. The SMILES string of the molecule is CCCC(CCC)C(=O)O.C[C-](C)C.[Li+]. The molecule has 86 valence electrons. The number of rotatable bonds is 5. The minimum atomic E-state index is -0.635. The largest absolute Gasteiger partial charge is 1.00 e. The van der Waals surface area contributed by atoms with Crippen LogP contribution in [0, 0.1) is 11.8 Å². The maximum atomic E-state index is 10.5. The smallest absolute Gasteiger partial charge is 0.481 e. The zero-order valence-electron chi connectivity index (χ0n) is 11.3. The molecule has 2 nitrogen and oxygen atoms in total. The maximum absolute atomic E-state index is 10.5. The summed E-state index contributed by atoms with van der Waals surface area (Å²) in [6, 6.07) is 0. The van der Waals surface area contributed by atoms with Crippen LogP contribution in [0.15, 0.2) is 0 Å². The third-order valence-corrected chi connectivity index (χ3v) is 1.62. The summed E-state index contributed by atoms with van der Waals surface area (Å²) in [5.74, 6) is 0.679. The van der Waals surface area contributed by atoms with Gasteiger partial charge in [-0.2, -0.15) is 20.8 Å². The molecule has 0 heterocycles. The molecule has 0 radical (unpaired) electrons. The van der Waals surface area contributed by atoms with Crippen molar-refractivity contribution in [2.24, 2.45) is 5.92 Å². The van der Waals surface area contributed by atoms with Crippen LogP contribution in [-0.2, 0) is 4.79 Å². The predicted octanol–water partition coefficient (Wildman–Crippen LogP) is 0.912. The Morgan fingerprint density at radius 2 is 1.40 bits per heavy atom. The molecule has 0 aliphatic heterocycles. The van der Waals surface area contributed by atoms with Crippen LogP contribution >= 0.6 is 0 Å². The minimum absolute atomic E-state index is 0. The average Bonchev–Trinajstić information content (AvgIpc) is 2.02. The van der Waals surface area contributed by atoms with Gasteiger partial charge < -0.3 is 11.0 Å². The quantitative estimate of drug-likeness (QED) is 0.538. The Labute approximate surface area is 107 Å². The third-order valence-electron chi connectivity index (χ3n) is 1.62. The van der Waals surface area contributed by atoms with Crippen LogP contribution in [0.4, 0.5) is 0 Å². The summed E-state index contributed by atoms with van der Waals surface area (Å²) in [6.07, 6.45) is 3.58. The molecule has 15 heavy (non-hydrogen) atoms. The Bertz CT molecular complexity index is 127. The molecule has 0 saturated carbocycles. The average molecular weight is 208 g/mol. The van der Waals surface area contributed by atoms with E-state index < -0.39 is 5.97 Å². The van der Waals surface area contributed by atoms with Crippen LogP contribution in [0.5, 0.6) is 0 Å². The molecule has 3 heteroatoms. The molecule has 0 aliphatic rings. The van der Waals surface area contributed by atoms with Crippen molar-refractivity contribution < 1.29 is 28.8 Å². The summed E-state index contributed by atoms with van der Waals surface area (Å²) in [5.41, 5.74) is 0. The summed E-state index contributed by atoms with van der Waals surface area (Å²) in [5, 5.41) is 8.64. The monoisotopic (exact) mass is 208 g/mol. The number of carboxylic acids is 1. The van der Waals surface area contributed by atoms with E-state index in [1.807, 2.05) is 13.8 Å². The van der Waals surface area contributed by atoms with Crippen molar-refractivity contribution in [2.45, 2.75) is 60.3 Å². The first-order valence-corrected chi connectivity index (χ1v) is 5.45. The van der Waals surface area contributed by atoms with Crippen molar-refractivity contribution in [3.63, 3.8) is 0 Å². The third kappa shape index (κ3) is 20.2. The van der Waals surface area contributed by atoms with Gasteiger partial charge >= 0.3 is 24.8 Å². The van der Waals surface area contributed by atoms with Crippen molar-refractivity contribution in [1.29, 1.82) is 0 Å². The molecule has 0 bridgehead atoms. The van der Waals surface area contributed by atoms with Gasteiger partial charge in [-0.1, -0.05) is 26.7 Å². The van der Waals surface area contributed by atoms with Crippen molar-refractivity contribution in [3.05, 3.63) is 5.92 Å². The van der Waals surface area contributed by atoms with E-state index in [2.05, 4.69) is 20.8 Å². The van der Waals surface area contributed by atoms with Gasteiger partial charge in [0.25, 0.3) is 0 Å². The molecule has 0 aliphatic carbocycles. The van der Waals surface area contributed by atoms with Gasteiger partial charge in [0.05, 0.1) is 5.92 Å². The topological polar surface area (TPSA) is 37.3 Å². The molecule has 0 atom stereocenters. The fraction of sp³-hybridized carbons (Fsp3) is 0.833. The number of carbonyl (C=O) groups is 1. The Morgan fingerprint density at radius 1 is 1.13 bits per heavy atom. The molecule has 0 saturated heterocycles. The number of hydrogen-bond acceptors (Lipinski definition) is 1. The van der Waals surface area contributed by atoms with Gasteiger partial charge in [0.2, 0.25) is 0 Å². The second kappa shape index (κ2) is 14.1. The molecular weight excluding hydrogens is 183 g/mol. The van der Waals surface area contributed by atoms with E-state index in [0.29, 0.717) is 0 Å². The minimum Gasteiger partial charge on any atom is -0.481 e. The normalized spacial score (nSPS) is 9.27. The zero-order valence-corrected chi connectivity index (χ0v) is 11.3. The van der Waals surface area contributed by atoms with Crippen molar-refractivity contribution >= 4 is 5.97 Å². The molecule has 1 N–H and O–H groups in total. The van der Waals surface area contributed by atoms with Gasteiger partial charge in [0.1, 0.15) is 0 Å². The number of aliphatic carboxylic acids is 1. The standard InChI is InChI=1S/C8H16O2.C4H9.Li/c1-3-5-7(6-4-2)8(9)10;1-4(2)3;/h7H,3-6H2,1-2H3,(H,9,10);1-3H3;/q;-1;+1. The maximum Gasteiger partial charge on any atom is 1.00 e. The Kier molecular flexibility index (Phi) is 19.2. The van der Waals surface area contributed by atoms with Crippen molar-refractivity contribution in [1.82, 2.24) is 0 Å². The first kappa shape index (κ1) is 20.5. The van der Waals surface area contributed by atoms with E-state index >= 15 is 0 Å². The van der Waals surface area contributed by atoms with Crippen LogP contribution < -0.4 is 18.9 Å². The van der Waals surface area contributed by atoms with Gasteiger partial charge in [0, 0.05) is 0 Å². The van der Waals surface area contributed by atoms with Crippen LogP contribution in [0.1, 0.15) is 60.3 Å². The van der Waals surface area contributed by atoms with Gasteiger partial charge in [0.15, 0.2) is 0 Å². The molecule has 0 fully saturated rings. The van der Waals surface area contributed by atoms with Crippen molar-refractivity contribution in [2.75, 3.05) is 0 Å².